The second kappa shape index (κ2) is 6.89. The van der Waals surface area contributed by atoms with E-state index in [1.165, 1.54) is 36.1 Å². The Morgan fingerprint density at radius 3 is 2.57 bits per heavy atom. The summed E-state index contributed by atoms with van der Waals surface area (Å²) in [4.78, 5) is 1.26. The van der Waals surface area contributed by atoms with E-state index < -0.39 is 0 Å². The maximum Gasteiger partial charge on any atom is 0.100 e. The second-order valence-electron chi connectivity index (χ2n) is 5.75. The summed E-state index contributed by atoms with van der Waals surface area (Å²) in [7, 11) is 0. The van der Waals surface area contributed by atoms with Crippen LogP contribution in [0.25, 0.3) is 0 Å². The lowest BCUT2D eigenvalue weighted by Gasteiger charge is -2.29. The minimum absolute atomic E-state index is 0.623. The highest BCUT2D eigenvalue weighted by Gasteiger charge is 2.21. The first-order valence-electron chi connectivity index (χ1n) is 7.61. The van der Waals surface area contributed by atoms with Crippen molar-refractivity contribution in [2.45, 2.75) is 44.2 Å². The fraction of sp³-hybridized carbons (Fsp3) is 0.389. The quantitative estimate of drug-likeness (QED) is 0.905. The lowest BCUT2D eigenvalue weighted by molar-refractivity contribution is 0.342. The summed E-state index contributed by atoms with van der Waals surface area (Å²) in [6.07, 6.45) is 5.04. The molecule has 108 valence electrons. The SMILES string of the molecule is N#Cc1csc(CNC2CCC(c3ccccc3)CC2)c1. The van der Waals surface area contributed by atoms with Crippen molar-refractivity contribution in [2.24, 2.45) is 0 Å². The molecule has 0 spiro atoms. The van der Waals surface area contributed by atoms with Gasteiger partial charge in [-0.05, 0) is 43.2 Å². The summed E-state index contributed by atoms with van der Waals surface area (Å²) in [6.45, 7) is 0.896. The third-order valence-electron chi connectivity index (χ3n) is 4.35. The number of benzene rings is 1. The monoisotopic (exact) mass is 296 g/mol. The zero-order valence-corrected chi connectivity index (χ0v) is 12.9. The summed E-state index contributed by atoms with van der Waals surface area (Å²) in [5, 5.41) is 14.4. The first-order chi connectivity index (χ1) is 10.3. The Kier molecular flexibility index (Phi) is 4.69. The molecule has 0 atom stereocenters. The lowest BCUT2D eigenvalue weighted by Crippen LogP contribution is -2.32. The molecule has 21 heavy (non-hydrogen) atoms. The van der Waals surface area contributed by atoms with Gasteiger partial charge in [-0.3, -0.25) is 0 Å². The summed E-state index contributed by atoms with van der Waals surface area (Å²) in [5.41, 5.74) is 2.28. The molecule has 1 aromatic carbocycles. The van der Waals surface area contributed by atoms with Crippen molar-refractivity contribution in [3.63, 3.8) is 0 Å². The van der Waals surface area contributed by atoms with Gasteiger partial charge in [0.25, 0.3) is 0 Å². The molecule has 2 nitrogen and oxygen atoms in total. The van der Waals surface area contributed by atoms with Crippen LogP contribution in [0.5, 0.6) is 0 Å². The highest BCUT2D eigenvalue weighted by molar-refractivity contribution is 7.10. The first kappa shape index (κ1) is 14.3. The van der Waals surface area contributed by atoms with Crippen molar-refractivity contribution in [3.8, 4) is 6.07 Å². The van der Waals surface area contributed by atoms with E-state index in [-0.39, 0.29) is 0 Å². The zero-order valence-electron chi connectivity index (χ0n) is 12.1. The van der Waals surface area contributed by atoms with Crippen LogP contribution >= 0.6 is 11.3 Å². The maximum atomic E-state index is 8.84. The average molecular weight is 296 g/mol. The largest absolute Gasteiger partial charge is 0.309 e. The predicted octanol–water partition coefficient (Wildman–Crippen LogP) is 4.44. The molecule has 1 heterocycles. The van der Waals surface area contributed by atoms with Gasteiger partial charge in [0.05, 0.1) is 5.56 Å². The molecule has 1 aliphatic carbocycles. The normalized spacial score (nSPS) is 21.9. The Hall–Kier alpha value is -1.63. The summed E-state index contributed by atoms with van der Waals surface area (Å²) in [5.74, 6) is 0.733. The van der Waals surface area contributed by atoms with E-state index in [1.54, 1.807) is 11.3 Å². The van der Waals surface area contributed by atoms with Crippen LogP contribution in [0.15, 0.2) is 41.8 Å². The first-order valence-corrected chi connectivity index (χ1v) is 8.49. The van der Waals surface area contributed by atoms with Crippen LogP contribution in [0.1, 0.15) is 47.6 Å². The maximum absolute atomic E-state index is 8.84. The van der Waals surface area contributed by atoms with E-state index in [0.717, 1.165) is 18.0 Å². The van der Waals surface area contributed by atoms with E-state index in [9.17, 15) is 0 Å². The van der Waals surface area contributed by atoms with Crippen LogP contribution in [0.2, 0.25) is 0 Å². The number of nitrogens with one attached hydrogen (secondary N) is 1. The van der Waals surface area contributed by atoms with Gasteiger partial charge in [0.2, 0.25) is 0 Å². The smallest absolute Gasteiger partial charge is 0.100 e. The van der Waals surface area contributed by atoms with Crippen molar-refractivity contribution in [1.29, 1.82) is 5.26 Å². The third-order valence-corrected chi connectivity index (χ3v) is 5.28. The molecule has 1 N–H and O–H groups in total. The van der Waals surface area contributed by atoms with Gasteiger partial charge < -0.3 is 5.32 Å². The topological polar surface area (TPSA) is 35.8 Å². The second-order valence-corrected chi connectivity index (χ2v) is 6.75. The van der Waals surface area contributed by atoms with Crippen LogP contribution in [0.3, 0.4) is 0 Å². The predicted molar refractivity (Wildman–Crippen MR) is 87.3 cm³/mol. The standard InChI is InChI=1S/C18H20N2S/c19-11-14-10-18(21-13-14)12-20-17-8-6-16(7-9-17)15-4-2-1-3-5-15/h1-5,10,13,16-17,20H,6-9,12H2. The van der Waals surface area contributed by atoms with Crippen LogP contribution < -0.4 is 5.32 Å². The molecule has 1 fully saturated rings. The van der Waals surface area contributed by atoms with E-state index in [1.807, 2.05) is 11.4 Å². The van der Waals surface area contributed by atoms with Gasteiger partial charge in [0, 0.05) is 22.8 Å². The number of hydrogen-bond donors (Lipinski definition) is 1. The van der Waals surface area contributed by atoms with Gasteiger partial charge in [-0.25, -0.2) is 0 Å². The van der Waals surface area contributed by atoms with Gasteiger partial charge in [0.15, 0.2) is 0 Å². The van der Waals surface area contributed by atoms with Crippen LogP contribution in [-0.4, -0.2) is 6.04 Å². The Bertz CT molecular complexity index is 604. The number of thiophene rings is 1. The molecule has 0 unspecified atom stereocenters. The number of rotatable bonds is 4. The molecule has 0 bridgehead atoms. The van der Waals surface area contributed by atoms with Gasteiger partial charge in [-0.1, -0.05) is 30.3 Å². The molecule has 1 saturated carbocycles. The van der Waals surface area contributed by atoms with E-state index in [4.69, 9.17) is 5.26 Å². The number of nitrogens with zero attached hydrogens (tertiary/aromatic N) is 1. The van der Waals surface area contributed by atoms with Crippen molar-refractivity contribution < 1.29 is 0 Å². The molecule has 3 heteroatoms. The molecule has 0 amide bonds. The molecule has 0 aliphatic heterocycles. The molecule has 0 radical (unpaired) electrons. The van der Waals surface area contributed by atoms with E-state index in [0.29, 0.717) is 6.04 Å². The Morgan fingerprint density at radius 1 is 1.14 bits per heavy atom. The average Bonchev–Trinajstić information content (AvgIpc) is 3.02. The van der Waals surface area contributed by atoms with E-state index >= 15 is 0 Å². The number of hydrogen-bond acceptors (Lipinski definition) is 3. The van der Waals surface area contributed by atoms with Crippen LogP contribution in [0, 0.1) is 11.3 Å². The van der Waals surface area contributed by atoms with E-state index in [2.05, 4.69) is 41.7 Å². The van der Waals surface area contributed by atoms with Crippen molar-refractivity contribution in [1.82, 2.24) is 5.32 Å². The molecular weight excluding hydrogens is 276 g/mol. The number of nitriles is 1. The molecule has 2 aromatic rings. The fourth-order valence-corrected chi connectivity index (χ4v) is 3.89. The third kappa shape index (κ3) is 3.72. The summed E-state index contributed by atoms with van der Waals surface area (Å²) in [6, 6.07) is 15.7. The van der Waals surface area contributed by atoms with Gasteiger partial charge in [0.1, 0.15) is 6.07 Å². The molecule has 0 saturated heterocycles. The highest BCUT2D eigenvalue weighted by atomic mass is 32.1. The van der Waals surface area contributed by atoms with Gasteiger partial charge in [-0.2, -0.15) is 5.26 Å². The minimum atomic E-state index is 0.623. The Morgan fingerprint density at radius 2 is 1.90 bits per heavy atom. The van der Waals surface area contributed by atoms with Gasteiger partial charge in [-0.15, -0.1) is 11.3 Å². The van der Waals surface area contributed by atoms with Gasteiger partial charge >= 0.3 is 0 Å². The van der Waals surface area contributed by atoms with Crippen molar-refractivity contribution in [3.05, 3.63) is 57.8 Å². The minimum Gasteiger partial charge on any atom is -0.309 e. The molecule has 1 aromatic heterocycles. The molecular formula is C18H20N2S. The van der Waals surface area contributed by atoms with Crippen molar-refractivity contribution in [2.75, 3.05) is 0 Å². The fourth-order valence-electron chi connectivity index (χ4n) is 3.13. The van der Waals surface area contributed by atoms with Crippen LogP contribution in [-0.2, 0) is 6.54 Å². The summed E-state index contributed by atoms with van der Waals surface area (Å²) >= 11 is 1.68. The summed E-state index contributed by atoms with van der Waals surface area (Å²) < 4.78 is 0. The van der Waals surface area contributed by atoms with Crippen LogP contribution in [0.4, 0.5) is 0 Å². The molecule has 1 aliphatic rings. The Labute approximate surface area is 130 Å². The Balaban J connectivity index is 1.47. The highest BCUT2D eigenvalue weighted by Crippen LogP contribution is 2.32. The zero-order chi connectivity index (χ0) is 14.5. The van der Waals surface area contributed by atoms with Crippen molar-refractivity contribution >= 4 is 11.3 Å². The molecule has 3 rings (SSSR count). The lowest BCUT2D eigenvalue weighted by atomic mass is 9.82.